The van der Waals surface area contributed by atoms with E-state index in [0.29, 0.717) is 5.69 Å². The first-order chi connectivity index (χ1) is 10.9. The van der Waals surface area contributed by atoms with Crippen LogP contribution in [0.5, 0.6) is 0 Å². The van der Waals surface area contributed by atoms with Crippen LogP contribution in [0.15, 0.2) is 58.9 Å². The van der Waals surface area contributed by atoms with Gasteiger partial charge in [0.15, 0.2) is 5.57 Å². The van der Waals surface area contributed by atoms with Gasteiger partial charge in [0.25, 0.3) is 5.79 Å². The number of carbonyl (C=O) groups excluding carboxylic acids is 2. The molecule has 0 amide bonds. The van der Waals surface area contributed by atoms with Crippen molar-refractivity contribution in [2.45, 2.75) is 19.6 Å². The third kappa shape index (κ3) is 3.26. The van der Waals surface area contributed by atoms with Crippen LogP contribution in [-0.2, 0) is 19.1 Å². The summed E-state index contributed by atoms with van der Waals surface area (Å²) in [6.45, 7) is 3.00. The number of ether oxygens (including phenoxy) is 2. The first-order valence-electron chi connectivity index (χ1n) is 7.02. The van der Waals surface area contributed by atoms with Crippen molar-refractivity contribution in [3.05, 3.63) is 54.4 Å². The summed E-state index contributed by atoms with van der Waals surface area (Å²) in [5.41, 5.74) is 1.37. The van der Waals surface area contributed by atoms with Gasteiger partial charge in [0.2, 0.25) is 0 Å². The summed E-state index contributed by atoms with van der Waals surface area (Å²) in [4.78, 5) is 23.7. The van der Waals surface area contributed by atoms with Crippen LogP contribution >= 0.6 is 0 Å². The molecule has 0 atom stereocenters. The molecule has 0 aliphatic carbocycles. The van der Waals surface area contributed by atoms with E-state index in [-0.39, 0.29) is 5.57 Å². The van der Waals surface area contributed by atoms with Gasteiger partial charge in [-0.3, -0.25) is 0 Å². The van der Waals surface area contributed by atoms with Crippen LogP contribution in [0.25, 0.3) is 11.3 Å². The molecule has 1 aromatic carbocycles. The minimum Gasteiger partial charge on any atom is -0.464 e. The van der Waals surface area contributed by atoms with Gasteiger partial charge < -0.3 is 19.2 Å². The molecule has 6 heteroatoms. The lowest BCUT2D eigenvalue weighted by Gasteiger charge is -2.29. The van der Waals surface area contributed by atoms with Crippen molar-refractivity contribution in [2.75, 3.05) is 5.32 Å². The Bertz CT molecular complexity index is 752. The van der Waals surface area contributed by atoms with Gasteiger partial charge in [-0.2, -0.15) is 0 Å². The molecule has 23 heavy (non-hydrogen) atoms. The topological polar surface area (TPSA) is 77.8 Å². The van der Waals surface area contributed by atoms with Crippen molar-refractivity contribution in [2.24, 2.45) is 0 Å². The smallest absolute Gasteiger partial charge is 0.350 e. The average molecular weight is 313 g/mol. The summed E-state index contributed by atoms with van der Waals surface area (Å²) in [6.07, 6.45) is 2.87. The molecule has 0 bridgehead atoms. The number of rotatable bonds is 3. The molecule has 2 aromatic rings. The third-order valence-electron chi connectivity index (χ3n) is 3.17. The number of furan rings is 1. The molecule has 118 valence electrons. The fraction of sp³-hybridized carbons (Fsp3) is 0.176. The second-order valence-corrected chi connectivity index (χ2v) is 5.44. The Kier molecular flexibility index (Phi) is 3.65. The molecular weight excluding hydrogens is 298 g/mol. The maximum Gasteiger partial charge on any atom is 0.350 e. The third-order valence-corrected chi connectivity index (χ3v) is 3.17. The van der Waals surface area contributed by atoms with Crippen molar-refractivity contribution in [3.8, 4) is 11.3 Å². The highest BCUT2D eigenvalue weighted by atomic mass is 16.7. The summed E-state index contributed by atoms with van der Waals surface area (Å²) in [5.74, 6) is -1.97. The zero-order valence-electron chi connectivity index (χ0n) is 12.7. The minimum atomic E-state index is -1.25. The summed E-state index contributed by atoms with van der Waals surface area (Å²) < 4.78 is 15.4. The molecule has 2 heterocycles. The molecule has 1 saturated heterocycles. The zero-order chi connectivity index (χ0) is 16.4. The van der Waals surface area contributed by atoms with Crippen LogP contribution in [0.1, 0.15) is 13.8 Å². The molecule has 6 nitrogen and oxygen atoms in total. The van der Waals surface area contributed by atoms with E-state index in [1.165, 1.54) is 20.0 Å². The van der Waals surface area contributed by atoms with E-state index in [1.807, 2.05) is 24.3 Å². The van der Waals surface area contributed by atoms with Crippen LogP contribution in [0.3, 0.4) is 0 Å². The predicted molar refractivity (Wildman–Crippen MR) is 82.1 cm³/mol. The molecule has 1 aliphatic heterocycles. The second kappa shape index (κ2) is 5.64. The molecule has 0 saturated carbocycles. The van der Waals surface area contributed by atoms with Crippen LogP contribution in [0, 0.1) is 0 Å². The molecule has 1 aromatic heterocycles. The molecular formula is C17H15NO5. The Morgan fingerprint density at radius 1 is 1.04 bits per heavy atom. The Balaban J connectivity index is 1.79. The van der Waals surface area contributed by atoms with Crippen molar-refractivity contribution in [1.82, 2.24) is 0 Å². The van der Waals surface area contributed by atoms with Gasteiger partial charge in [0.1, 0.15) is 5.76 Å². The number of hydrogen-bond donors (Lipinski definition) is 1. The maximum atomic E-state index is 11.8. The van der Waals surface area contributed by atoms with Crippen molar-refractivity contribution in [1.29, 1.82) is 0 Å². The summed E-state index contributed by atoms with van der Waals surface area (Å²) >= 11 is 0. The number of esters is 2. The lowest BCUT2D eigenvalue weighted by atomic mass is 10.1. The first kappa shape index (κ1) is 14.9. The standard InChI is InChI=1S/C17H15NO5/c1-17(2)22-15(19)13(16(20)23-17)10-18-12-6-3-5-11(9-12)14-7-4-8-21-14/h3-10,18H,1-2H3. The van der Waals surface area contributed by atoms with E-state index < -0.39 is 17.7 Å². The fourth-order valence-corrected chi connectivity index (χ4v) is 2.14. The highest BCUT2D eigenvalue weighted by molar-refractivity contribution is 6.15. The fourth-order valence-electron chi connectivity index (χ4n) is 2.14. The number of carbonyl (C=O) groups is 2. The number of hydrogen-bond acceptors (Lipinski definition) is 6. The Morgan fingerprint density at radius 3 is 2.43 bits per heavy atom. The number of anilines is 1. The molecule has 1 fully saturated rings. The van der Waals surface area contributed by atoms with Gasteiger partial charge in [0, 0.05) is 31.3 Å². The van der Waals surface area contributed by atoms with Gasteiger partial charge in [0.05, 0.1) is 6.26 Å². The van der Waals surface area contributed by atoms with E-state index in [4.69, 9.17) is 13.9 Å². The van der Waals surface area contributed by atoms with Crippen molar-refractivity contribution < 1.29 is 23.5 Å². The Labute approximate surface area is 132 Å². The summed E-state index contributed by atoms with van der Waals surface area (Å²) in [7, 11) is 0. The van der Waals surface area contributed by atoms with E-state index >= 15 is 0 Å². The molecule has 0 radical (unpaired) electrons. The molecule has 0 unspecified atom stereocenters. The van der Waals surface area contributed by atoms with Gasteiger partial charge >= 0.3 is 11.9 Å². The van der Waals surface area contributed by atoms with Crippen LogP contribution in [-0.4, -0.2) is 17.7 Å². The predicted octanol–water partition coefficient (Wildman–Crippen LogP) is 3.08. The van der Waals surface area contributed by atoms with Crippen LogP contribution < -0.4 is 5.32 Å². The van der Waals surface area contributed by atoms with Gasteiger partial charge in [-0.1, -0.05) is 12.1 Å². The molecule has 3 rings (SSSR count). The molecule has 1 aliphatic rings. The van der Waals surface area contributed by atoms with E-state index in [9.17, 15) is 9.59 Å². The maximum absolute atomic E-state index is 11.8. The number of cyclic esters (lactones) is 2. The minimum absolute atomic E-state index is 0.187. The quantitative estimate of drug-likeness (QED) is 0.533. The van der Waals surface area contributed by atoms with Crippen LogP contribution in [0.4, 0.5) is 5.69 Å². The van der Waals surface area contributed by atoms with Crippen LogP contribution in [0.2, 0.25) is 0 Å². The normalized spacial score (nSPS) is 16.5. The van der Waals surface area contributed by atoms with E-state index in [2.05, 4.69) is 5.32 Å². The highest BCUT2D eigenvalue weighted by Gasteiger charge is 2.38. The van der Waals surface area contributed by atoms with Gasteiger partial charge in [-0.25, -0.2) is 9.59 Å². The Morgan fingerprint density at radius 2 is 1.78 bits per heavy atom. The van der Waals surface area contributed by atoms with E-state index in [0.717, 1.165) is 11.3 Å². The number of benzene rings is 1. The lowest BCUT2D eigenvalue weighted by Crippen LogP contribution is -2.42. The highest BCUT2D eigenvalue weighted by Crippen LogP contribution is 2.25. The monoisotopic (exact) mass is 313 g/mol. The number of nitrogens with one attached hydrogen (secondary N) is 1. The average Bonchev–Trinajstić information content (AvgIpc) is 2.99. The first-order valence-corrected chi connectivity index (χ1v) is 7.02. The molecule has 0 spiro atoms. The van der Waals surface area contributed by atoms with Gasteiger partial charge in [-0.15, -0.1) is 0 Å². The van der Waals surface area contributed by atoms with Gasteiger partial charge in [-0.05, 0) is 24.3 Å². The van der Waals surface area contributed by atoms with E-state index in [1.54, 1.807) is 18.4 Å². The SMILES string of the molecule is CC1(C)OC(=O)C(=CNc2cccc(-c3ccco3)c2)C(=O)O1. The summed E-state index contributed by atoms with van der Waals surface area (Å²) in [6, 6.07) is 11.0. The largest absolute Gasteiger partial charge is 0.464 e. The van der Waals surface area contributed by atoms with Crippen molar-refractivity contribution in [3.63, 3.8) is 0 Å². The zero-order valence-corrected chi connectivity index (χ0v) is 12.7. The van der Waals surface area contributed by atoms with Crippen molar-refractivity contribution >= 4 is 17.6 Å². The molecule has 1 N–H and O–H groups in total. The second-order valence-electron chi connectivity index (χ2n) is 5.44. The lowest BCUT2D eigenvalue weighted by molar-refractivity contribution is -0.222. The summed E-state index contributed by atoms with van der Waals surface area (Å²) in [5, 5.41) is 2.90. The Hall–Kier alpha value is -3.02.